The molecule has 6 aromatic rings. The number of fused-ring (bicyclic) bond motifs is 4. The van der Waals surface area contributed by atoms with Crippen molar-refractivity contribution in [3.8, 4) is 11.1 Å². The summed E-state index contributed by atoms with van der Waals surface area (Å²) in [6, 6.07) is 29.9. The number of hydrogen-bond acceptors (Lipinski definition) is 6. The summed E-state index contributed by atoms with van der Waals surface area (Å²) in [4.78, 5) is 65.1. The Balaban J connectivity index is 0.000000166. The van der Waals surface area contributed by atoms with Crippen molar-refractivity contribution in [3.05, 3.63) is 167 Å². The quantitative estimate of drug-likeness (QED) is 0.183. The molecule has 7 nitrogen and oxygen atoms in total. The molecular formula is C39H24Br2N2O5. The molecule has 2 aliphatic rings. The average Bonchev–Trinajstić information content (AvgIpc) is 3.11. The van der Waals surface area contributed by atoms with E-state index in [9.17, 15) is 24.0 Å². The van der Waals surface area contributed by atoms with Gasteiger partial charge in [0.05, 0.1) is 16.6 Å². The van der Waals surface area contributed by atoms with Crippen molar-refractivity contribution in [1.29, 1.82) is 0 Å². The van der Waals surface area contributed by atoms with Crippen LogP contribution in [0.4, 0.5) is 5.69 Å². The second-order valence-electron chi connectivity index (χ2n) is 11.3. The van der Waals surface area contributed by atoms with Crippen molar-refractivity contribution in [2.24, 2.45) is 7.05 Å². The first-order valence-electron chi connectivity index (χ1n) is 14.9. The topological polar surface area (TPSA) is 102 Å². The summed E-state index contributed by atoms with van der Waals surface area (Å²) in [6.07, 6.45) is 0. The molecule has 0 fully saturated rings. The maximum Gasteiger partial charge on any atom is 0.262 e. The van der Waals surface area contributed by atoms with Crippen LogP contribution in [0.2, 0.25) is 0 Å². The Hall–Kier alpha value is -5.25. The molecule has 0 aliphatic heterocycles. The van der Waals surface area contributed by atoms with Gasteiger partial charge in [0.25, 0.3) is 5.56 Å². The third kappa shape index (κ3) is 4.72. The van der Waals surface area contributed by atoms with E-state index in [2.05, 4.69) is 37.2 Å². The molecule has 0 radical (unpaired) electrons. The molecule has 9 heteroatoms. The number of nitrogens with one attached hydrogen (secondary N) is 1. The Labute approximate surface area is 291 Å². The molecule has 0 atom stereocenters. The summed E-state index contributed by atoms with van der Waals surface area (Å²) in [5, 5.41) is 3.60. The third-order valence-electron chi connectivity index (χ3n) is 8.74. The number of aromatic nitrogens is 1. The van der Waals surface area contributed by atoms with Crippen molar-refractivity contribution < 1.29 is 19.2 Å². The summed E-state index contributed by atoms with van der Waals surface area (Å²) in [6.45, 7) is 0. The monoisotopic (exact) mass is 758 g/mol. The fourth-order valence-electron chi connectivity index (χ4n) is 6.47. The highest BCUT2D eigenvalue weighted by Crippen LogP contribution is 2.43. The lowest BCUT2D eigenvalue weighted by Gasteiger charge is -2.24. The molecule has 0 unspecified atom stereocenters. The minimum absolute atomic E-state index is 0.0884. The minimum atomic E-state index is -0.376. The second-order valence-corrected chi connectivity index (χ2v) is 13.0. The number of rotatable bonds is 3. The van der Waals surface area contributed by atoms with Gasteiger partial charge >= 0.3 is 0 Å². The van der Waals surface area contributed by atoms with Gasteiger partial charge in [-0.3, -0.25) is 24.0 Å². The maximum absolute atomic E-state index is 13.4. The van der Waals surface area contributed by atoms with Gasteiger partial charge in [-0.25, -0.2) is 0 Å². The minimum Gasteiger partial charge on any atom is -0.388 e. The highest BCUT2D eigenvalue weighted by atomic mass is 79.9. The first-order valence-corrected chi connectivity index (χ1v) is 16.5. The molecule has 234 valence electrons. The zero-order chi connectivity index (χ0) is 33.9. The van der Waals surface area contributed by atoms with Crippen molar-refractivity contribution in [2.45, 2.75) is 0 Å². The third-order valence-corrected chi connectivity index (χ3v) is 10.1. The number of pyridine rings is 1. The van der Waals surface area contributed by atoms with Crippen molar-refractivity contribution in [1.82, 2.24) is 4.57 Å². The van der Waals surface area contributed by atoms with Gasteiger partial charge in [-0.2, -0.15) is 0 Å². The van der Waals surface area contributed by atoms with E-state index in [1.807, 2.05) is 12.1 Å². The molecule has 1 N–H and O–H groups in total. The number of aryl methyl sites for hydroxylation is 1. The Kier molecular flexibility index (Phi) is 7.89. The lowest BCUT2D eigenvalue weighted by atomic mass is 9.80. The zero-order valence-corrected chi connectivity index (χ0v) is 28.7. The van der Waals surface area contributed by atoms with Crippen molar-refractivity contribution in [3.63, 3.8) is 0 Å². The molecule has 48 heavy (non-hydrogen) atoms. The highest BCUT2D eigenvalue weighted by Gasteiger charge is 2.34. The van der Waals surface area contributed by atoms with Gasteiger partial charge in [0.2, 0.25) is 0 Å². The molecule has 1 aromatic heterocycles. The van der Waals surface area contributed by atoms with Gasteiger partial charge in [0, 0.05) is 73.1 Å². The molecule has 0 amide bonds. The van der Waals surface area contributed by atoms with Gasteiger partial charge in [-0.15, -0.1) is 0 Å². The van der Waals surface area contributed by atoms with Crippen molar-refractivity contribution >= 4 is 71.6 Å². The highest BCUT2D eigenvalue weighted by molar-refractivity contribution is 9.10. The number of hydrogen-bond donors (Lipinski definition) is 1. The molecule has 5 aromatic carbocycles. The van der Waals surface area contributed by atoms with Crippen LogP contribution < -0.4 is 10.9 Å². The normalized spacial score (nSPS) is 12.5. The van der Waals surface area contributed by atoms with E-state index in [1.54, 1.807) is 105 Å². The van der Waals surface area contributed by atoms with Crippen LogP contribution >= 0.6 is 31.9 Å². The van der Waals surface area contributed by atoms with Gasteiger partial charge in [-0.05, 0) is 29.8 Å². The predicted octanol–water partition coefficient (Wildman–Crippen LogP) is 8.01. The fourth-order valence-corrected chi connectivity index (χ4v) is 7.49. The number of ketones is 4. The Bertz CT molecular complexity index is 2470. The molecular weight excluding hydrogens is 736 g/mol. The first-order chi connectivity index (χ1) is 23.1. The molecule has 0 saturated heterocycles. The molecule has 8 rings (SSSR count). The van der Waals surface area contributed by atoms with E-state index in [-0.39, 0.29) is 34.3 Å². The lowest BCUT2D eigenvalue weighted by molar-refractivity contribution is 0.0979. The summed E-state index contributed by atoms with van der Waals surface area (Å²) in [7, 11) is 3.37. The average molecular weight is 760 g/mol. The summed E-state index contributed by atoms with van der Waals surface area (Å²) in [5.41, 5.74) is 5.38. The standard InChI is InChI=1S/C24H14BrNO3.C15H10BrNO2/c1-26-17-12-11-16(25)19-20(17)18(14-9-5-6-10-15(14)23(19)28)21(24(26)29)22(27)13-7-3-2-4-8-13;1-17-11-7-6-10(16)12-13(11)15(19)9-5-3-2-4-8(9)14(12)18/h2-12H,1H3;2-7,17H,1H3. The fraction of sp³-hybridized carbons (Fsp3) is 0.0513. The Morgan fingerprint density at radius 2 is 1.08 bits per heavy atom. The van der Waals surface area contributed by atoms with E-state index in [1.165, 1.54) is 4.57 Å². The van der Waals surface area contributed by atoms with E-state index >= 15 is 0 Å². The zero-order valence-electron chi connectivity index (χ0n) is 25.6. The van der Waals surface area contributed by atoms with Gasteiger partial charge < -0.3 is 9.88 Å². The largest absolute Gasteiger partial charge is 0.388 e. The number of nitrogens with zero attached hydrogens (tertiary/aromatic N) is 1. The van der Waals surface area contributed by atoms with E-state index in [4.69, 9.17) is 0 Å². The number of halogens is 2. The summed E-state index contributed by atoms with van der Waals surface area (Å²) >= 11 is 6.86. The number of carbonyl (C=O) groups is 4. The first kappa shape index (κ1) is 31.4. The van der Waals surface area contributed by atoms with Crippen LogP contribution in [-0.2, 0) is 7.05 Å². The SMILES string of the molecule is CNc1ccc(Br)c2c1C(=O)c1ccccc1C2=O.Cn1c(=O)c(C(=O)c2ccccc2)c2c3c(c(Br)ccc31)C(=O)c1ccccc1-2. The molecule has 0 saturated carbocycles. The Morgan fingerprint density at radius 3 is 1.71 bits per heavy atom. The van der Waals surface area contributed by atoms with Crippen LogP contribution in [0.15, 0.2) is 117 Å². The van der Waals surface area contributed by atoms with Crippen molar-refractivity contribution in [2.75, 3.05) is 12.4 Å². The number of anilines is 1. The van der Waals surface area contributed by atoms with E-state index < -0.39 is 0 Å². The van der Waals surface area contributed by atoms with E-state index in [0.717, 1.165) is 0 Å². The molecule has 1 heterocycles. The van der Waals surface area contributed by atoms with Gasteiger partial charge in [0.15, 0.2) is 23.1 Å². The van der Waals surface area contributed by atoms with Crippen LogP contribution in [-0.4, -0.2) is 34.7 Å². The van der Waals surface area contributed by atoms with Crippen LogP contribution in [0.5, 0.6) is 0 Å². The summed E-state index contributed by atoms with van der Waals surface area (Å²) in [5.74, 6) is -0.703. The smallest absolute Gasteiger partial charge is 0.262 e. The van der Waals surface area contributed by atoms with Crippen LogP contribution in [0, 0.1) is 0 Å². The second kappa shape index (κ2) is 12.1. The Morgan fingerprint density at radius 1 is 0.583 bits per heavy atom. The van der Waals surface area contributed by atoms with Crippen LogP contribution in [0.25, 0.3) is 22.0 Å². The van der Waals surface area contributed by atoms with Crippen LogP contribution in [0.3, 0.4) is 0 Å². The maximum atomic E-state index is 13.4. The lowest BCUT2D eigenvalue weighted by Crippen LogP contribution is -2.28. The van der Waals surface area contributed by atoms with Crippen LogP contribution in [0.1, 0.15) is 63.7 Å². The van der Waals surface area contributed by atoms with Gasteiger partial charge in [0.1, 0.15) is 0 Å². The molecule has 0 bridgehead atoms. The van der Waals surface area contributed by atoms with Gasteiger partial charge in [-0.1, -0.05) is 111 Å². The van der Waals surface area contributed by atoms with E-state index in [0.29, 0.717) is 75.6 Å². The summed E-state index contributed by atoms with van der Waals surface area (Å²) < 4.78 is 2.74. The number of benzene rings is 5. The molecule has 0 spiro atoms. The number of carbonyl (C=O) groups excluding carboxylic acids is 4. The predicted molar refractivity (Wildman–Crippen MR) is 193 cm³/mol. The molecule has 2 aliphatic carbocycles.